The van der Waals surface area contributed by atoms with Crippen molar-refractivity contribution in [2.24, 2.45) is 5.92 Å². The number of piperidine rings is 1. The van der Waals surface area contributed by atoms with Crippen molar-refractivity contribution in [1.29, 1.82) is 0 Å². The lowest BCUT2D eigenvalue weighted by Gasteiger charge is -2.33. The SMILES string of the molecule is CNC(=O)C1CCN(c2cccnc2Oc2ccc(Nc3ccccn3)cc2)CC1. The van der Waals surface area contributed by atoms with Crippen molar-refractivity contribution in [1.82, 2.24) is 15.3 Å². The number of nitrogens with one attached hydrogen (secondary N) is 2. The van der Waals surface area contributed by atoms with E-state index in [2.05, 4.69) is 25.5 Å². The number of pyridine rings is 2. The minimum absolute atomic E-state index is 0.0754. The molecule has 1 amide bonds. The number of hydrogen-bond donors (Lipinski definition) is 2. The Labute approximate surface area is 176 Å². The third kappa shape index (κ3) is 4.68. The Morgan fingerprint density at radius 2 is 1.77 bits per heavy atom. The molecule has 0 radical (unpaired) electrons. The Bertz CT molecular complexity index is 970. The molecule has 0 unspecified atom stereocenters. The van der Waals surface area contributed by atoms with E-state index in [1.165, 1.54) is 0 Å². The number of carbonyl (C=O) groups is 1. The average molecular weight is 403 g/mol. The second-order valence-corrected chi connectivity index (χ2v) is 7.17. The molecule has 1 aromatic carbocycles. The number of anilines is 3. The topological polar surface area (TPSA) is 79.4 Å². The van der Waals surface area contributed by atoms with E-state index in [9.17, 15) is 4.79 Å². The molecule has 1 fully saturated rings. The monoisotopic (exact) mass is 403 g/mol. The average Bonchev–Trinajstić information content (AvgIpc) is 2.81. The maximum Gasteiger partial charge on any atom is 0.243 e. The maximum atomic E-state index is 11.9. The van der Waals surface area contributed by atoms with Crippen LogP contribution in [0.1, 0.15) is 12.8 Å². The van der Waals surface area contributed by atoms with Gasteiger partial charge in [0.25, 0.3) is 0 Å². The highest BCUT2D eigenvalue weighted by atomic mass is 16.5. The smallest absolute Gasteiger partial charge is 0.243 e. The molecule has 1 saturated heterocycles. The van der Waals surface area contributed by atoms with Gasteiger partial charge < -0.3 is 20.3 Å². The minimum Gasteiger partial charge on any atom is -0.437 e. The molecule has 2 aromatic heterocycles. The third-order valence-electron chi connectivity index (χ3n) is 5.21. The lowest BCUT2D eigenvalue weighted by Crippen LogP contribution is -2.39. The first-order valence-electron chi connectivity index (χ1n) is 10.1. The standard InChI is InChI=1S/C23H25N5O2/c1-24-22(29)17-11-15-28(16-12-17)20-5-4-14-26-23(20)30-19-9-7-18(8-10-19)27-21-6-2-3-13-25-21/h2-10,13-14,17H,11-12,15-16H2,1H3,(H,24,29)(H,25,27). The van der Waals surface area contributed by atoms with Gasteiger partial charge in [0, 0.05) is 44.1 Å². The molecule has 0 saturated carbocycles. The fraction of sp³-hybridized carbons (Fsp3) is 0.261. The minimum atomic E-state index is 0.0754. The molecule has 3 heterocycles. The van der Waals surface area contributed by atoms with E-state index < -0.39 is 0 Å². The maximum absolute atomic E-state index is 11.9. The van der Waals surface area contributed by atoms with Gasteiger partial charge >= 0.3 is 0 Å². The molecule has 0 atom stereocenters. The van der Waals surface area contributed by atoms with Crippen LogP contribution in [0.15, 0.2) is 67.0 Å². The molecule has 7 heteroatoms. The molecule has 7 nitrogen and oxygen atoms in total. The molecule has 0 spiro atoms. The number of nitrogens with zero attached hydrogens (tertiary/aromatic N) is 3. The number of carbonyl (C=O) groups excluding carboxylic acids is 1. The first kappa shape index (κ1) is 19.7. The normalized spacial score (nSPS) is 14.2. The molecular weight excluding hydrogens is 378 g/mol. The quantitative estimate of drug-likeness (QED) is 0.648. The zero-order valence-corrected chi connectivity index (χ0v) is 16.9. The second kappa shape index (κ2) is 9.26. The van der Waals surface area contributed by atoms with E-state index in [1.807, 2.05) is 54.6 Å². The van der Waals surface area contributed by atoms with Gasteiger partial charge in [-0.1, -0.05) is 6.07 Å². The number of aromatic nitrogens is 2. The number of rotatable bonds is 6. The van der Waals surface area contributed by atoms with Crippen LogP contribution in [0, 0.1) is 5.92 Å². The molecule has 4 rings (SSSR count). The number of benzene rings is 1. The Balaban J connectivity index is 1.42. The van der Waals surface area contributed by atoms with Crippen molar-refractivity contribution in [2.75, 3.05) is 30.4 Å². The van der Waals surface area contributed by atoms with E-state index in [1.54, 1.807) is 19.4 Å². The predicted molar refractivity (Wildman–Crippen MR) is 117 cm³/mol. The van der Waals surface area contributed by atoms with Crippen molar-refractivity contribution >= 4 is 23.1 Å². The number of amides is 1. The van der Waals surface area contributed by atoms with E-state index >= 15 is 0 Å². The van der Waals surface area contributed by atoms with Crippen molar-refractivity contribution in [2.45, 2.75) is 12.8 Å². The molecule has 0 bridgehead atoms. The largest absolute Gasteiger partial charge is 0.437 e. The lowest BCUT2D eigenvalue weighted by atomic mass is 9.96. The van der Waals surface area contributed by atoms with E-state index in [0.717, 1.165) is 43.1 Å². The summed E-state index contributed by atoms with van der Waals surface area (Å²) in [5.74, 6) is 2.27. The fourth-order valence-electron chi connectivity index (χ4n) is 3.59. The van der Waals surface area contributed by atoms with Crippen molar-refractivity contribution in [3.8, 4) is 11.6 Å². The van der Waals surface area contributed by atoms with E-state index in [-0.39, 0.29) is 11.8 Å². The summed E-state index contributed by atoms with van der Waals surface area (Å²) in [6, 6.07) is 17.4. The van der Waals surface area contributed by atoms with Gasteiger partial charge in [-0.15, -0.1) is 0 Å². The summed E-state index contributed by atoms with van der Waals surface area (Å²) in [6.07, 6.45) is 5.12. The van der Waals surface area contributed by atoms with Crippen LogP contribution in [0.5, 0.6) is 11.6 Å². The highest BCUT2D eigenvalue weighted by Gasteiger charge is 2.26. The lowest BCUT2D eigenvalue weighted by molar-refractivity contribution is -0.125. The molecule has 2 N–H and O–H groups in total. The fourth-order valence-corrected chi connectivity index (χ4v) is 3.59. The van der Waals surface area contributed by atoms with Gasteiger partial charge in [0.1, 0.15) is 17.3 Å². The van der Waals surface area contributed by atoms with Crippen molar-refractivity contribution in [3.05, 3.63) is 67.0 Å². The van der Waals surface area contributed by atoms with Gasteiger partial charge in [-0.25, -0.2) is 9.97 Å². The second-order valence-electron chi connectivity index (χ2n) is 7.17. The van der Waals surface area contributed by atoms with Crippen LogP contribution in [0.4, 0.5) is 17.2 Å². The molecule has 1 aliphatic rings. The molecule has 1 aliphatic heterocycles. The van der Waals surface area contributed by atoms with Gasteiger partial charge in [-0.2, -0.15) is 0 Å². The Morgan fingerprint density at radius 3 is 2.47 bits per heavy atom. The Morgan fingerprint density at radius 1 is 1.00 bits per heavy atom. The molecular formula is C23H25N5O2. The summed E-state index contributed by atoms with van der Waals surface area (Å²) in [5, 5.41) is 6.00. The van der Waals surface area contributed by atoms with Crippen LogP contribution in [-0.4, -0.2) is 36.0 Å². The predicted octanol–water partition coefficient (Wildman–Crippen LogP) is 3.97. The summed E-state index contributed by atoms with van der Waals surface area (Å²) in [6.45, 7) is 1.60. The zero-order valence-electron chi connectivity index (χ0n) is 16.9. The summed E-state index contributed by atoms with van der Waals surface area (Å²) in [7, 11) is 1.69. The van der Waals surface area contributed by atoms with Crippen LogP contribution in [0.2, 0.25) is 0 Å². The van der Waals surface area contributed by atoms with Crippen LogP contribution in [0.3, 0.4) is 0 Å². The van der Waals surface area contributed by atoms with Crippen LogP contribution in [-0.2, 0) is 4.79 Å². The first-order valence-corrected chi connectivity index (χ1v) is 10.1. The summed E-state index contributed by atoms with van der Waals surface area (Å²) in [5.41, 5.74) is 1.88. The Hall–Kier alpha value is -3.61. The highest BCUT2D eigenvalue weighted by Crippen LogP contribution is 2.33. The van der Waals surface area contributed by atoms with E-state index in [0.29, 0.717) is 11.6 Å². The van der Waals surface area contributed by atoms with Crippen molar-refractivity contribution in [3.63, 3.8) is 0 Å². The van der Waals surface area contributed by atoms with Crippen LogP contribution in [0.25, 0.3) is 0 Å². The molecule has 154 valence electrons. The molecule has 3 aromatic rings. The zero-order chi connectivity index (χ0) is 20.8. The highest BCUT2D eigenvalue weighted by molar-refractivity contribution is 5.78. The van der Waals surface area contributed by atoms with Gasteiger partial charge in [0.05, 0.1) is 0 Å². The number of ether oxygens (including phenoxy) is 1. The van der Waals surface area contributed by atoms with Gasteiger partial charge in [0.2, 0.25) is 11.8 Å². The Kier molecular flexibility index (Phi) is 6.08. The van der Waals surface area contributed by atoms with Gasteiger partial charge in [-0.3, -0.25) is 4.79 Å². The van der Waals surface area contributed by atoms with Crippen molar-refractivity contribution < 1.29 is 9.53 Å². The summed E-state index contributed by atoms with van der Waals surface area (Å²) in [4.78, 5) is 22.8. The van der Waals surface area contributed by atoms with Gasteiger partial charge in [-0.05, 0) is 61.4 Å². The number of hydrogen-bond acceptors (Lipinski definition) is 6. The first-order chi connectivity index (χ1) is 14.7. The molecule has 30 heavy (non-hydrogen) atoms. The summed E-state index contributed by atoms with van der Waals surface area (Å²) < 4.78 is 6.09. The van der Waals surface area contributed by atoms with Gasteiger partial charge in [0.15, 0.2) is 0 Å². The van der Waals surface area contributed by atoms with Crippen LogP contribution >= 0.6 is 0 Å². The third-order valence-corrected chi connectivity index (χ3v) is 5.21. The molecule has 0 aliphatic carbocycles. The summed E-state index contributed by atoms with van der Waals surface area (Å²) >= 11 is 0. The van der Waals surface area contributed by atoms with E-state index in [4.69, 9.17) is 4.74 Å². The van der Waals surface area contributed by atoms with Crippen LogP contribution < -0.4 is 20.3 Å².